The number of anilines is 3. The van der Waals surface area contributed by atoms with Crippen molar-refractivity contribution in [2.24, 2.45) is 46.1 Å². The van der Waals surface area contributed by atoms with Crippen LogP contribution < -0.4 is 72.0 Å². The Morgan fingerprint density at radius 3 is 1.05 bits per heavy atom. The molecule has 3 aliphatic heterocycles. The van der Waals surface area contributed by atoms with E-state index in [1.54, 1.807) is 15.9 Å². The highest BCUT2D eigenvalue weighted by Crippen LogP contribution is 2.32. The van der Waals surface area contributed by atoms with Gasteiger partial charge in [-0.1, -0.05) is 115 Å². The van der Waals surface area contributed by atoms with Crippen molar-refractivity contribution in [1.29, 1.82) is 0 Å². The van der Waals surface area contributed by atoms with E-state index in [0.29, 0.717) is 95.9 Å². The molecule has 0 radical (unpaired) electrons. The summed E-state index contributed by atoms with van der Waals surface area (Å²) >= 11 is 0. The van der Waals surface area contributed by atoms with Crippen molar-refractivity contribution < 1.29 is 69.5 Å². The maximum absolute atomic E-state index is 13.1. The van der Waals surface area contributed by atoms with Gasteiger partial charge >= 0.3 is 12.4 Å². The van der Waals surface area contributed by atoms with Crippen molar-refractivity contribution in [3.05, 3.63) is 197 Å². The zero-order valence-corrected chi connectivity index (χ0v) is 60.8. The van der Waals surface area contributed by atoms with Gasteiger partial charge in [-0.15, -0.1) is 0 Å². The maximum atomic E-state index is 13.1. The molecule has 0 aliphatic carbocycles. The fraction of sp³-hybridized carbons (Fsp3) is 0.423. The van der Waals surface area contributed by atoms with Crippen molar-refractivity contribution in [2.45, 2.75) is 157 Å². The van der Waals surface area contributed by atoms with Crippen molar-refractivity contribution in [3.63, 3.8) is 0 Å². The second-order valence-electron chi connectivity index (χ2n) is 27.6. The highest BCUT2D eigenvalue weighted by molar-refractivity contribution is 6.01. The first kappa shape index (κ1) is 86.1. The number of amides is 9. The number of nitrogens with one attached hydrogen (secondary N) is 6. The molecular weight excluding hydrogens is 1420 g/mol. The van der Waals surface area contributed by atoms with Crippen LogP contribution in [0.15, 0.2) is 164 Å². The number of rotatable bonds is 28. The molecule has 0 bridgehead atoms. The molecule has 6 aromatic rings. The van der Waals surface area contributed by atoms with Crippen LogP contribution in [0.1, 0.15) is 97.6 Å². The topological polar surface area (TPSA) is 418 Å². The molecule has 9 amide bonds. The minimum absolute atomic E-state index is 0.0433. The summed E-state index contributed by atoms with van der Waals surface area (Å²) in [5.41, 5.74) is 43.9. The number of alkyl halides is 6. The molecule has 109 heavy (non-hydrogen) atoms. The van der Waals surface area contributed by atoms with Gasteiger partial charge in [-0.2, -0.15) is 26.3 Å². The van der Waals surface area contributed by atoms with Crippen LogP contribution in [0.3, 0.4) is 0 Å². The van der Waals surface area contributed by atoms with E-state index in [-0.39, 0.29) is 85.2 Å². The summed E-state index contributed by atoms with van der Waals surface area (Å²) in [6, 6.07) is 37.1. The third kappa shape index (κ3) is 28.7. The van der Waals surface area contributed by atoms with Gasteiger partial charge in [0.1, 0.15) is 18.1 Å². The van der Waals surface area contributed by atoms with Gasteiger partial charge in [0.2, 0.25) is 53.2 Å². The molecule has 31 heteroatoms. The summed E-state index contributed by atoms with van der Waals surface area (Å²) in [7, 11) is 0. The number of likely N-dealkylation sites (tertiary alicyclic amines) is 3. The third-order valence-corrected chi connectivity index (χ3v) is 18.9. The van der Waals surface area contributed by atoms with Gasteiger partial charge in [-0.05, 0) is 154 Å². The number of benzene rings is 6. The van der Waals surface area contributed by atoms with E-state index < -0.39 is 89.3 Å². The fourth-order valence-electron chi connectivity index (χ4n) is 12.3. The minimum Gasteiger partial charge on any atom is -0.343 e. The van der Waals surface area contributed by atoms with Crippen LogP contribution in [-0.4, -0.2) is 168 Å². The molecule has 3 heterocycles. The molecular formula is C78H100F6N16O9. The van der Waals surface area contributed by atoms with Gasteiger partial charge < -0.3 is 86.7 Å². The molecule has 0 spiro atoms. The molecule has 3 saturated heterocycles. The Morgan fingerprint density at radius 2 is 0.725 bits per heavy atom. The SMILES string of the molecule is Cc1cccc(NC(=O)[C@H](CCc2ccccc2)NC(=O)[C@@H](N)CC(=O)N2C[C@@H](N)[C@@H](N)C2)c1.NC1CCN(C(=O)C[C@H](N)C(=O)N[C@@H](CCc2ccccc2)C(=O)Nc2cccc(C(F)(F)F)c2)CC1.NCC1CCN(C(=O)C[C@H](N)C(=O)N[C@@H](CCc2ccccc2)C(=O)Nc2cccc(C(F)(F)F)c2)CC1. The molecule has 6 aromatic carbocycles. The number of piperidine rings is 2. The predicted octanol–water partition coefficient (Wildman–Crippen LogP) is 5.37. The summed E-state index contributed by atoms with van der Waals surface area (Å²) in [5, 5.41) is 15.7. The van der Waals surface area contributed by atoms with E-state index >= 15 is 0 Å². The number of carbonyl (C=O) groups is 9. The summed E-state index contributed by atoms with van der Waals surface area (Å²) in [4.78, 5) is 120. The Morgan fingerprint density at radius 1 is 0.413 bits per heavy atom. The number of hydrogen-bond donors (Lipinski definition) is 13. The van der Waals surface area contributed by atoms with Crippen molar-refractivity contribution in [1.82, 2.24) is 30.7 Å². The van der Waals surface area contributed by atoms with Gasteiger partial charge in [0, 0.05) is 74.5 Å². The molecule has 0 unspecified atom stereocenters. The van der Waals surface area contributed by atoms with Crippen LogP contribution in [0.5, 0.6) is 0 Å². The zero-order chi connectivity index (χ0) is 79.4. The number of carbonyl (C=O) groups excluding carboxylic acids is 9. The van der Waals surface area contributed by atoms with Gasteiger partial charge in [0.15, 0.2) is 0 Å². The van der Waals surface area contributed by atoms with Gasteiger partial charge in [-0.3, -0.25) is 43.2 Å². The molecule has 0 aromatic heterocycles. The molecule has 3 aliphatic rings. The zero-order valence-electron chi connectivity index (χ0n) is 60.8. The quantitative estimate of drug-likeness (QED) is 0.0275. The lowest BCUT2D eigenvalue weighted by Crippen LogP contribution is -2.52. The van der Waals surface area contributed by atoms with E-state index in [0.717, 1.165) is 59.4 Å². The lowest BCUT2D eigenvalue weighted by atomic mass is 9.96. The Kier molecular flexibility index (Phi) is 33.2. The molecule has 9 rings (SSSR count). The highest BCUT2D eigenvalue weighted by Gasteiger charge is 2.36. The predicted molar refractivity (Wildman–Crippen MR) is 402 cm³/mol. The van der Waals surface area contributed by atoms with E-state index in [4.69, 9.17) is 40.1 Å². The molecule has 3 fully saturated rings. The van der Waals surface area contributed by atoms with Crippen molar-refractivity contribution in [2.75, 3.05) is 61.8 Å². The van der Waals surface area contributed by atoms with Crippen molar-refractivity contribution in [3.8, 4) is 0 Å². The Balaban J connectivity index is 0.000000228. The fourth-order valence-corrected chi connectivity index (χ4v) is 12.3. The Hall–Kier alpha value is -10.2. The van der Waals surface area contributed by atoms with Crippen LogP contribution >= 0.6 is 0 Å². The molecule has 8 atom stereocenters. The molecule has 25 nitrogen and oxygen atoms in total. The second kappa shape index (κ2) is 42.0. The lowest BCUT2D eigenvalue weighted by Gasteiger charge is -2.32. The van der Waals surface area contributed by atoms with E-state index in [1.165, 1.54) is 29.2 Å². The summed E-state index contributed by atoms with van der Waals surface area (Å²) in [6.45, 7) is 5.26. The summed E-state index contributed by atoms with van der Waals surface area (Å²) in [5.74, 6) is -4.09. The van der Waals surface area contributed by atoms with Gasteiger partial charge in [0.25, 0.3) is 0 Å². The summed E-state index contributed by atoms with van der Waals surface area (Å²) in [6.07, 6.45) is -4.70. The van der Waals surface area contributed by atoms with Crippen LogP contribution in [0.2, 0.25) is 0 Å². The average molecular weight is 1520 g/mol. The van der Waals surface area contributed by atoms with Crippen LogP contribution in [0.4, 0.5) is 43.4 Å². The summed E-state index contributed by atoms with van der Waals surface area (Å²) < 4.78 is 78.5. The van der Waals surface area contributed by atoms with Gasteiger partial charge in [0.05, 0.1) is 48.5 Å². The first-order chi connectivity index (χ1) is 51.8. The van der Waals surface area contributed by atoms with Crippen LogP contribution in [0.25, 0.3) is 0 Å². The van der Waals surface area contributed by atoms with Crippen molar-refractivity contribution >= 4 is 70.2 Å². The smallest absolute Gasteiger partial charge is 0.343 e. The number of halogens is 6. The largest absolute Gasteiger partial charge is 0.416 e. The number of aryl methyl sites for hydroxylation is 4. The maximum Gasteiger partial charge on any atom is 0.416 e. The van der Waals surface area contributed by atoms with Gasteiger partial charge in [-0.25, -0.2) is 0 Å². The van der Waals surface area contributed by atoms with Crippen LogP contribution in [0, 0.1) is 12.8 Å². The number of nitrogens with zero attached hydrogens (tertiary/aromatic N) is 3. The first-order valence-electron chi connectivity index (χ1n) is 36.3. The standard InChI is InChI=1S/C27H34F3N5O3.C26H32F3N5O3.C25H34N6O3/c28-27(29,30)20-7-4-8-21(15-20)33-26(38)23(10-9-18-5-2-1-3-6-18)34-25(37)22(32)16-24(36)35-13-11-19(17-31)12-14-35;27-26(28,29)18-7-4-8-20(15-18)32-25(37)22(10-9-17-5-2-1-3-6-17)33-24(36)21(31)16-23(35)34-13-11-19(30)12-14-34;1-16-6-5-9-18(12-16)29-25(34)22(11-10-17-7-3-2-4-8-17)30-24(33)19(26)13-23(32)31-14-20(27)21(28)15-31/h1-8,15,19,22-23H,9-14,16-17,31-32H2,(H,33,38)(H,34,37);1-8,15,19,21-22H,9-14,16,30-31H2,(H,32,37)(H,33,36);2-9,12,19-22H,10-11,13-15,26-28H2,1H3,(H,29,34)(H,30,33)/t22-,23-;21-,22-;19-,20-,21+,22-/m000/s1. The normalized spacial score (nSPS) is 17.1. The minimum atomic E-state index is -4.57. The van der Waals surface area contributed by atoms with E-state index in [1.807, 2.05) is 116 Å². The molecule has 0 saturated carbocycles. The molecule has 588 valence electrons. The van der Waals surface area contributed by atoms with Crippen LogP contribution in [-0.2, 0) is 74.8 Å². The monoisotopic (exact) mass is 1520 g/mol. The van der Waals surface area contributed by atoms with E-state index in [9.17, 15) is 69.5 Å². The Bertz CT molecular complexity index is 3950. The average Bonchev–Trinajstić information content (AvgIpc) is 1.84. The first-order valence-corrected chi connectivity index (χ1v) is 36.3. The number of nitrogens with two attached hydrogens (primary N) is 7. The second-order valence-corrected chi connectivity index (χ2v) is 27.6. The third-order valence-electron chi connectivity index (χ3n) is 18.9. The molecule has 20 N–H and O–H groups in total. The Labute approximate surface area is 629 Å². The lowest BCUT2D eigenvalue weighted by molar-refractivity contribution is -0.138. The highest BCUT2D eigenvalue weighted by atomic mass is 19.4. The number of hydrogen-bond acceptors (Lipinski definition) is 16. The van der Waals surface area contributed by atoms with E-state index in [2.05, 4.69) is 31.9 Å².